The second kappa shape index (κ2) is 7.47. The van der Waals surface area contributed by atoms with Gasteiger partial charge in [-0.1, -0.05) is 0 Å². The lowest BCUT2D eigenvalue weighted by Gasteiger charge is -2.21. The van der Waals surface area contributed by atoms with Gasteiger partial charge in [0.05, 0.1) is 34.2 Å². The molecule has 2 aromatic carbocycles. The standard InChI is InChI=1S/C26H23F2N7O/c1-13-9-16(10-14(2)23(13)27)35-25(22-19-4-3-15(30-19)11-20(22)32-35)34-8-7-33(26(34)36)21-6-5-18-17(24(21)28)12-29-31-18/h5-10,12,15,19,30H,3-4,11H2,1-2H3,(H,29,31)/t15-,19+/m1/s1. The molecular weight excluding hydrogens is 464 g/mol. The predicted octanol–water partition coefficient (Wildman–Crippen LogP) is 3.93. The van der Waals surface area contributed by atoms with Gasteiger partial charge in [0.2, 0.25) is 0 Å². The van der Waals surface area contributed by atoms with Crippen LogP contribution >= 0.6 is 0 Å². The third-order valence-electron chi connectivity index (χ3n) is 7.47. The smallest absolute Gasteiger partial charge is 0.307 e. The number of nitrogens with zero attached hydrogens (tertiary/aromatic N) is 5. The Kier molecular flexibility index (Phi) is 4.41. The molecule has 0 amide bonds. The highest BCUT2D eigenvalue weighted by atomic mass is 19.1. The van der Waals surface area contributed by atoms with Crippen molar-refractivity contribution in [1.29, 1.82) is 0 Å². The summed E-state index contributed by atoms with van der Waals surface area (Å²) in [6.45, 7) is 3.44. The van der Waals surface area contributed by atoms with Crippen LogP contribution in [0.3, 0.4) is 0 Å². The van der Waals surface area contributed by atoms with Gasteiger partial charge in [0.25, 0.3) is 0 Å². The quantitative estimate of drug-likeness (QED) is 0.404. The van der Waals surface area contributed by atoms with Gasteiger partial charge >= 0.3 is 5.69 Å². The maximum Gasteiger partial charge on any atom is 0.338 e. The van der Waals surface area contributed by atoms with Gasteiger partial charge in [-0.05, 0) is 62.1 Å². The van der Waals surface area contributed by atoms with Crippen LogP contribution in [0.1, 0.15) is 41.3 Å². The first kappa shape index (κ1) is 21.3. The first-order valence-corrected chi connectivity index (χ1v) is 12.0. The number of rotatable bonds is 3. The number of benzene rings is 2. The van der Waals surface area contributed by atoms with E-state index >= 15 is 4.39 Å². The van der Waals surface area contributed by atoms with Gasteiger partial charge in [-0.15, -0.1) is 0 Å². The maximum atomic E-state index is 15.3. The third kappa shape index (κ3) is 2.91. The van der Waals surface area contributed by atoms with E-state index in [1.807, 2.05) is 0 Å². The van der Waals surface area contributed by atoms with Crippen molar-refractivity contribution in [3.63, 3.8) is 0 Å². The summed E-state index contributed by atoms with van der Waals surface area (Å²) in [6.07, 6.45) is 7.35. The van der Waals surface area contributed by atoms with E-state index in [1.165, 1.54) is 15.3 Å². The molecule has 1 fully saturated rings. The van der Waals surface area contributed by atoms with Gasteiger partial charge < -0.3 is 5.32 Å². The van der Waals surface area contributed by atoms with Crippen molar-refractivity contribution in [2.45, 2.75) is 45.2 Å². The molecule has 0 aliphatic carbocycles. The fraction of sp³-hybridized carbons (Fsp3) is 0.269. The molecule has 2 aliphatic rings. The van der Waals surface area contributed by atoms with Crippen LogP contribution in [0, 0.1) is 25.5 Å². The number of hydrogen-bond donors (Lipinski definition) is 2. The van der Waals surface area contributed by atoms with E-state index in [9.17, 15) is 9.18 Å². The number of imidazole rings is 1. The first-order chi connectivity index (χ1) is 17.4. The van der Waals surface area contributed by atoms with Gasteiger partial charge in [0, 0.05) is 36.5 Å². The number of nitrogens with one attached hydrogen (secondary N) is 2. The van der Waals surface area contributed by atoms with E-state index in [0.717, 1.165) is 30.5 Å². The summed E-state index contributed by atoms with van der Waals surface area (Å²) in [4.78, 5) is 13.8. The largest absolute Gasteiger partial charge is 0.338 e. The zero-order valence-electron chi connectivity index (χ0n) is 19.7. The van der Waals surface area contributed by atoms with Crippen LogP contribution in [0.25, 0.3) is 28.1 Å². The monoisotopic (exact) mass is 487 g/mol. The highest BCUT2D eigenvalue weighted by Gasteiger charge is 2.38. The molecule has 1 saturated heterocycles. The van der Waals surface area contributed by atoms with Crippen LogP contribution in [0.2, 0.25) is 0 Å². The van der Waals surface area contributed by atoms with Crippen LogP contribution < -0.4 is 11.0 Å². The third-order valence-corrected chi connectivity index (χ3v) is 7.47. The van der Waals surface area contributed by atoms with Crippen LogP contribution in [-0.4, -0.2) is 35.2 Å². The van der Waals surface area contributed by atoms with Gasteiger partial charge in [-0.25, -0.2) is 18.3 Å². The fourth-order valence-corrected chi connectivity index (χ4v) is 5.75. The minimum Gasteiger partial charge on any atom is -0.307 e. The van der Waals surface area contributed by atoms with Gasteiger partial charge in [-0.2, -0.15) is 10.2 Å². The molecule has 3 aromatic heterocycles. The number of halogens is 2. The molecule has 5 aromatic rings. The Hall–Kier alpha value is -4.05. The number of aromatic amines is 1. The Morgan fingerprint density at radius 2 is 1.81 bits per heavy atom. The molecule has 8 nitrogen and oxygen atoms in total. The molecule has 7 rings (SSSR count). The Morgan fingerprint density at radius 3 is 2.61 bits per heavy atom. The van der Waals surface area contributed by atoms with Crippen molar-refractivity contribution < 1.29 is 8.78 Å². The van der Waals surface area contributed by atoms with E-state index < -0.39 is 11.5 Å². The summed E-state index contributed by atoms with van der Waals surface area (Å²) in [7, 11) is 0. The molecule has 182 valence electrons. The van der Waals surface area contributed by atoms with E-state index in [4.69, 9.17) is 5.10 Å². The van der Waals surface area contributed by atoms with Crippen molar-refractivity contribution in [3.05, 3.63) is 87.4 Å². The van der Waals surface area contributed by atoms with E-state index in [-0.39, 0.29) is 17.5 Å². The lowest BCUT2D eigenvalue weighted by Crippen LogP contribution is -2.32. The number of aromatic nitrogens is 6. The highest BCUT2D eigenvalue weighted by Crippen LogP contribution is 2.40. The van der Waals surface area contributed by atoms with Gasteiger partial charge in [-0.3, -0.25) is 14.2 Å². The average Bonchev–Trinajstić information content (AvgIpc) is 3.64. The Morgan fingerprint density at radius 1 is 1.03 bits per heavy atom. The lowest BCUT2D eigenvalue weighted by atomic mass is 10.0. The predicted molar refractivity (Wildman–Crippen MR) is 130 cm³/mol. The number of hydrogen-bond acceptors (Lipinski definition) is 4. The molecule has 2 N–H and O–H groups in total. The molecule has 2 aliphatic heterocycles. The SMILES string of the molecule is Cc1cc(-n2nc3c(c2-n2ccn(-c4ccc5[nH]ncc5c4F)c2=O)[C@@H]2CC[C@H](C3)N2)cc(C)c1F. The zero-order chi connectivity index (χ0) is 24.7. The summed E-state index contributed by atoms with van der Waals surface area (Å²) in [5, 5.41) is 15.5. The lowest BCUT2D eigenvalue weighted by molar-refractivity contribution is 0.509. The van der Waals surface area contributed by atoms with Crippen LogP contribution in [0.4, 0.5) is 8.78 Å². The molecule has 0 radical (unpaired) electrons. The number of aryl methyl sites for hydroxylation is 2. The van der Waals surface area contributed by atoms with Crippen molar-refractivity contribution >= 4 is 10.9 Å². The Balaban J connectivity index is 1.46. The molecule has 0 spiro atoms. The van der Waals surface area contributed by atoms with Crippen LogP contribution in [0.5, 0.6) is 0 Å². The second-order valence-corrected chi connectivity index (χ2v) is 9.74. The summed E-state index contributed by atoms with van der Waals surface area (Å²) < 4.78 is 34.3. The number of fused-ring (bicyclic) bond motifs is 5. The fourth-order valence-electron chi connectivity index (χ4n) is 5.75. The second-order valence-electron chi connectivity index (χ2n) is 9.74. The molecule has 0 saturated carbocycles. The molecule has 5 heterocycles. The van der Waals surface area contributed by atoms with Crippen molar-refractivity contribution in [1.82, 2.24) is 34.4 Å². The van der Waals surface area contributed by atoms with Crippen molar-refractivity contribution in [2.75, 3.05) is 0 Å². The minimum absolute atomic E-state index is 0.0689. The molecule has 2 bridgehead atoms. The van der Waals surface area contributed by atoms with Crippen LogP contribution in [-0.2, 0) is 6.42 Å². The highest BCUT2D eigenvalue weighted by molar-refractivity contribution is 5.81. The van der Waals surface area contributed by atoms with Crippen molar-refractivity contribution in [3.8, 4) is 17.2 Å². The summed E-state index contributed by atoms with van der Waals surface area (Å²) >= 11 is 0. The molecule has 36 heavy (non-hydrogen) atoms. The summed E-state index contributed by atoms with van der Waals surface area (Å²) in [5.41, 5.74) is 3.86. The van der Waals surface area contributed by atoms with E-state index in [2.05, 4.69) is 15.5 Å². The van der Waals surface area contributed by atoms with E-state index in [1.54, 1.807) is 55.2 Å². The van der Waals surface area contributed by atoms with E-state index in [0.29, 0.717) is 39.6 Å². The van der Waals surface area contributed by atoms with Crippen molar-refractivity contribution in [2.24, 2.45) is 0 Å². The Bertz CT molecular complexity index is 1720. The maximum absolute atomic E-state index is 15.3. The topological polar surface area (TPSA) is 85.5 Å². The average molecular weight is 488 g/mol. The number of H-pyrrole nitrogens is 1. The zero-order valence-corrected chi connectivity index (χ0v) is 19.7. The molecular formula is C26H23F2N7O. The molecule has 10 heteroatoms. The Labute approximate surface area is 204 Å². The van der Waals surface area contributed by atoms with Crippen LogP contribution in [0.15, 0.2) is 47.7 Å². The normalized spacial score (nSPS) is 18.8. The first-order valence-electron chi connectivity index (χ1n) is 12.0. The summed E-state index contributed by atoms with van der Waals surface area (Å²) in [6, 6.07) is 7.16. The minimum atomic E-state index is -0.526. The molecule has 2 atom stereocenters. The van der Waals surface area contributed by atoms with Gasteiger partial charge in [0.1, 0.15) is 11.6 Å². The van der Waals surface area contributed by atoms with Gasteiger partial charge in [0.15, 0.2) is 5.82 Å². The summed E-state index contributed by atoms with van der Waals surface area (Å²) in [5.74, 6) is -0.185. The molecule has 0 unspecified atom stereocenters.